The zero-order valence-electron chi connectivity index (χ0n) is 8.58. The van der Waals surface area contributed by atoms with Crippen molar-refractivity contribution in [3.8, 4) is 12.3 Å². The molecule has 1 saturated heterocycles. The molecule has 2 heteroatoms. The van der Waals surface area contributed by atoms with Crippen LogP contribution in [0.2, 0.25) is 0 Å². The van der Waals surface area contributed by atoms with Crippen LogP contribution in [0.3, 0.4) is 0 Å². The van der Waals surface area contributed by atoms with Crippen molar-refractivity contribution >= 4 is 5.91 Å². The van der Waals surface area contributed by atoms with Crippen molar-refractivity contribution in [3.05, 3.63) is 0 Å². The summed E-state index contributed by atoms with van der Waals surface area (Å²) in [6.45, 7) is 7.08. The van der Waals surface area contributed by atoms with E-state index in [0.717, 1.165) is 6.54 Å². The highest BCUT2D eigenvalue weighted by Gasteiger charge is 2.32. The van der Waals surface area contributed by atoms with E-state index in [1.54, 1.807) is 0 Å². The molecular formula is C11H17NO. The fraction of sp³-hybridized carbons (Fsp3) is 0.727. The lowest BCUT2D eigenvalue weighted by Gasteiger charge is -2.27. The molecular weight excluding hydrogens is 162 g/mol. The van der Waals surface area contributed by atoms with Gasteiger partial charge in [0, 0.05) is 24.9 Å². The van der Waals surface area contributed by atoms with Gasteiger partial charge in [-0.25, -0.2) is 0 Å². The molecule has 72 valence electrons. The summed E-state index contributed by atoms with van der Waals surface area (Å²) in [4.78, 5) is 13.4. The predicted octanol–water partition coefficient (Wildman–Crippen LogP) is 1.51. The Hall–Kier alpha value is -0.970. The average Bonchev–Trinajstić information content (AvgIpc) is 2.45. The fourth-order valence-electron chi connectivity index (χ4n) is 1.60. The summed E-state index contributed by atoms with van der Waals surface area (Å²) in [5.41, 5.74) is 0. The highest BCUT2D eigenvalue weighted by molar-refractivity contribution is 5.79. The van der Waals surface area contributed by atoms with Crippen LogP contribution in [0.1, 0.15) is 27.2 Å². The molecule has 1 aliphatic rings. The van der Waals surface area contributed by atoms with E-state index in [2.05, 4.69) is 26.7 Å². The number of carbonyl (C=O) groups excluding carboxylic acids is 1. The van der Waals surface area contributed by atoms with Crippen molar-refractivity contribution in [2.75, 3.05) is 6.54 Å². The molecule has 1 rings (SSSR count). The normalized spacial score (nSPS) is 25.0. The number of terminal acetylenes is 1. The van der Waals surface area contributed by atoms with Crippen molar-refractivity contribution in [1.82, 2.24) is 4.90 Å². The molecule has 2 atom stereocenters. The van der Waals surface area contributed by atoms with Gasteiger partial charge in [-0.3, -0.25) is 4.79 Å². The van der Waals surface area contributed by atoms with Crippen LogP contribution >= 0.6 is 0 Å². The monoisotopic (exact) mass is 179 g/mol. The van der Waals surface area contributed by atoms with E-state index in [-0.39, 0.29) is 11.8 Å². The van der Waals surface area contributed by atoms with Gasteiger partial charge in [0.25, 0.3) is 0 Å². The van der Waals surface area contributed by atoms with Gasteiger partial charge in [-0.05, 0) is 12.8 Å². The van der Waals surface area contributed by atoms with E-state index in [4.69, 9.17) is 6.42 Å². The Morgan fingerprint density at radius 1 is 1.54 bits per heavy atom. The van der Waals surface area contributed by atoms with Gasteiger partial charge in [0.2, 0.25) is 5.91 Å². The van der Waals surface area contributed by atoms with Gasteiger partial charge in [0.15, 0.2) is 0 Å². The second kappa shape index (κ2) is 3.83. The maximum Gasteiger partial charge on any atom is 0.224 e. The zero-order valence-corrected chi connectivity index (χ0v) is 8.58. The molecule has 1 heterocycles. The van der Waals surface area contributed by atoms with Gasteiger partial charge in [0.1, 0.15) is 0 Å². The fourth-order valence-corrected chi connectivity index (χ4v) is 1.60. The van der Waals surface area contributed by atoms with Crippen LogP contribution in [0.5, 0.6) is 0 Å². The number of likely N-dealkylation sites (tertiary alicyclic amines) is 1. The summed E-state index contributed by atoms with van der Waals surface area (Å²) in [5, 5.41) is 0. The zero-order chi connectivity index (χ0) is 10.0. The quantitative estimate of drug-likeness (QED) is 0.588. The van der Waals surface area contributed by atoms with Crippen LogP contribution < -0.4 is 0 Å². The third-order valence-electron chi connectivity index (χ3n) is 2.85. The lowest BCUT2D eigenvalue weighted by Crippen LogP contribution is -2.37. The molecule has 0 bridgehead atoms. The lowest BCUT2D eigenvalue weighted by atomic mass is 10.1. The van der Waals surface area contributed by atoms with Gasteiger partial charge in [-0.1, -0.05) is 13.8 Å². The number of amides is 1. The molecule has 0 radical (unpaired) electrons. The average molecular weight is 179 g/mol. The van der Waals surface area contributed by atoms with E-state index < -0.39 is 0 Å². The van der Waals surface area contributed by atoms with Crippen LogP contribution in [0.25, 0.3) is 0 Å². The third-order valence-corrected chi connectivity index (χ3v) is 2.85. The molecule has 0 aliphatic carbocycles. The SMILES string of the molecule is C#CC1CC(=O)N(C(C)C(C)C)C1. The Labute approximate surface area is 80.3 Å². The number of hydrogen-bond donors (Lipinski definition) is 0. The van der Waals surface area contributed by atoms with E-state index >= 15 is 0 Å². The van der Waals surface area contributed by atoms with Gasteiger partial charge < -0.3 is 4.90 Å². The molecule has 1 amide bonds. The first-order valence-electron chi connectivity index (χ1n) is 4.81. The molecule has 13 heavy (non-hydrogen) atoms. The van der Waals surface area contributed by atoms with Crippen molar-refractivity contribution in [1.29, 1.82) is 0 Å². The maximum atomic E-state index is 11.5. The van der Waals surface area contributed by atoms with Crippen LogP contribution in [0.15, 0.2) is 0 Å². The topological polar surface area (TPSA) is 20.3 Å². The Kier molecular flexibility index (Phi) is 2.98. The van der Waals surface area contributed by atoms with E-state index in [1.807, 2.05) is 4.90 Å². The molecule has 1 aliphatic heterocycles. The highest BCUT2D eigenvalue weighted by Crippen LogP contribution is 2.22. The first-order chi connectivity index (χ1) is 6.06. The summed E-state index contributed by atoms with van der Waals surface area (Å²) in [7, 11) is 0. The minimum absolute atomic E-state index is 0.133. The molecule has 2 nitrogen and oxygen atoms in total. The number of carbonyl (C=O) groups is 1. The molecule has 0 aromatic heterocycles. The predicted molar refractivity (Wildman–Crippen MR) is 53.0 cm³/mol. The Morgan fingerprint density at radius 2 is 2.15 bits per heavy atom. The highest BCUT2D eigenvalue weighted by atomic mass is 16.2. The molecule has 2 unspecified atom stereocenters. The van der Waals surface area contributed by atoms with Crippen molar-refractivity contribution in [2.45, 2.75) is 33.2 Å². The second-order valence-electron chi connectivity index (χ2n) is 4.10. The second-order valence-corrected chi connectivity index (χ2v) is 4.10. The molecule has 0 N–H and O–H groups in total. The summed E-state index contributed by atoms with van der Waals surface area (Å²) in [6.07, 6.45) is 5.84. The lowest BCUT2D eigenvalue weighted by molar-refractivity contribution is -0.130. The van der Waals surface area contributed by atoms with Crippen LogP contribution in [0.4, 0.5) is 0 Å². The largest absolute Gasteiger partial charge is 0.338 e. The first-order valence-corrected chi connectivity index (χ1v) is 4.81. The van der Waals surface area contributed by atoms with Gasteiger partial charge in [-0.15, -0.1) is 12.3 Å². The van der Waals surface area contributed by atoms with Gasteiger partial charge >= 0.3 is 0 Å². The van der Waals surface area contributed by atoms with Gasteiger partial charge in [0.05, 0.1) is 0 Å². The van der Waals surface area contributed by atoms with Gasteiger partial charge in [-0.2, -0.15) is 0 Å². The molecule has 0 saturated carbocycles. The molecule has 1 fully saturated rings. The minimum atomic E-state index is 0.133. The Morgan fingerprint density at radius 3 is 2.54 bits per heavy atom. The van der Waals surface area contributed by atoms with Crippen LogP contribution in [-0.2, 0) is 4.79 Å². The maximum absolute atomic E-state index is 11.5. The summed E-state index contributed by atoms with van der Waals surface area (Å²) in [6, 6.07) is 0.311. The van der Waals surface area contributed by atoms with Crippen molar-refractivity contribution < 1.29 is 4.79 Å². The number of hydrogen-bond acceptors (Lipinski definition) is 1. The summed E-state index contributed by atoms with van der Waals surface area (Å²) >= 11 is 0. The number of nitrogens with zero attached hydrogens (tertiary/aromatic N) is 1. The van der Waals surface area contributed by atoms with Crippen LogP contribution in [0, 0.1) is 24.2 Å². The molecule has 0 aromatic rings. The summed E-state index contributed by atoms with van der Waals surface area (Å²) in [5.74, 6) is 3.50. The number of rotatable bonds is 2. The molecule has 0 aromatic carbocycles. The van der Waals surface area contributed by atoms with Crippen LogP contribution in [-0.4, -0.2) is 23.4 Å². The standard InChI is InChI=1S/C11H17NO/c1-5-10-6-11(13)12(7-10)9(4)8(2)3/h1,8-10H,6-7H2,2-4H3. The van der Waals surface area contributed by atoms with E-state index in [0.29, 0.717) is 18.4 Å². The van der Waals surface area contributed by atoms with E-state index in [1.165, 1.54) is 0 Å². The summed E-state index contributed by atoms with van der Waals surface area (Å²) < 4.78 is 0. The van der Waals surface area contributed by atoms with Crippen molar-refractivity contribution in [3.63, 3.8) is 0 Å². The Bertz CT molecular complexity index is 239. The smallest absolute Gasteiger partial charge is 0.224 e. The minimum Gasteiger partial charge on any atom is -0.338 e. The molecule has 0 spiro atoms. The van der Waals surface area contributed by atoms with E-state index in [9.17, 15) is 4.79 Å². The Balaban J connectivity index is 2.63. The first kappa shape index (κ1) is 10.1. The third kappa shape index (κ3) is 2.03. The van der Waals surface area contributed by atoms with Crippen molar-refractivity contribution in [2.24, 2.45) is 11.8 Å².